The second-order valence-corrected chi connectivity index (χ2v) is 4.62. The summed E-state index contributed by atoms with van der Waals surface area (Å²) in [5.41, 5.74) is 1.57. The van der Waals surface area contributed by atoms with Gasteiger partial charge in [0.25, 0.3) is 0 Å². The van der Waals surface area contributed by atoms with Crippen molar-refractivity contribution in [3.8, 4) is 0 Å². The molecule has 0 radical (unpaired) electrons. The fraction of sp³-hybridized carbons (Fsp3) is 0.250. The molecule has 0 aliphatic carbocycles. The Balaban J connectivity index is 3.19. The van der Waals surface area contributed by atoms with Crippen molar-refractivity contribution in [3.05, 3.63) is 29.3 Å². The van der Waals surface area contributed by atoms with Crippen LogP contribution >= 0.6 is 8.03 Å². The van der Waals surface area contributed by atoms with E-state index >= 15 is 0 Å². The van der Waals surface area contributed by atoms with Gasteiger partial charge >= 0.3 is 70.5 Å². The standard InChI is InChI=1S/C8H12FO2P/c1-6-3-4-8(7(2)5-6)12(9,10)11/h3-5,10-12H,1-2H3. The van der Waals surface area contributed by atoms with Gasteiger partial charge in [0.2, 0.25) is 0 Å². The summed E-state index contributed by atoms with van der Waals surface area (Å²) in [6, 6.07) is 4.82. The van der Waals surface area contributed by atoms with E-state index in [1.807, 2.05) is 6.92 Å². The average Bonchev–Trinajstić information content (AvgIpc) is 1.83. The third-order valence-electron chi connectivity index (χ3n) is 1.72. The summed E-state index contributed by atoms with van der Waals surface area (Å²) < 4.78 is 12.8. The van der Waals surface area contributed by atoms with Crippen molar-refractivity contribution in [1.29, 1.82) is 0 Å². The monoisotopic (exact) mass is 190 g/mol. The summed E-state index contributed by atoms with van der Waals surface area (Å²) in [4.78, 5) is 17.6. The number of benzene rings is 1. The molecule has 4 heteroatoms. The molecule has 0 aliphatic heterocycles. The summed E-state index contributed by atoms with van der Waals surface area (Å²) in [6.45, 7) is 3.53. The van der Waals surface area contributed by atoms with Crippen LogP contribution in [0, 0.1) is 13.8 Å². The summed E-state index contributed by atoms with van der Waals surface area (Å²) in [6.07, 6.45) is 0. The van der Waals surface area contributed by atoms with E-state index in [-0.39, 0.29) is 5.30 Å². The Labute approximate surface area is 71.3 Å². The summed E-state index contributed by atoms with van der Waals surface area (Å²) >= 11 is 0. The molecule has 12 heavy (non-hydrogen) atoms. The van der Waals surface area contributed by atoms with Gasteiger partial charge in [-0.25, -0.2) is 0 Å². The Bertz CT molecular complexity index is 294. The molecule has 0 heterocycles. The van der Waals surface area contributed by atoms with Crippen LogP contribution < -0.4 is 5.30 Å². The normalized spacial score (nSPS) is 13.1. The molecule has 0 saturated carbocycles. The van der Waals surface area contributed by atoms with E-state index in [4.69, 9.17) is 9.79 Å². The van der Waals surface area contributed by atoms with Crippen LogP contribution in [-0.2, 0) is 0 Å². The van der Waals surface area contributed by atoms with Gasteiger partial charge in [0.1, 0.15) is 0 Å². The second-order valence-electron chi connectivity index (χ2n) is 2.91. The first kappa shape index (κ1) is 9.59. The SMILES string of the molecule is Cc1ccc([PH](O)(O)F)c(C)c1. The molecule has 2 nitrogen and oxygen atoms in total. The third-order valence-corrected chi connectivity index (χ3v) is 2.97. The summed E-state index contributed by atoms with van der Waals surface area (Å²) in [5.74, 6) is 0. The number of hydrogen-bond acceptors (Lipinski definition) is 2. The zero-order valence-corrected chi connectivity index (χ0v) is 8.00. The zero-order chi connectivity index (χ0) is 9.35. The number of aryl methyl sites for hydroxylation is 2. The minimum atomic E-state index is -4.60. The maximum atomic E-state index is 12.8. The van der Waals surface area contributed by atoms with Gasteiger partial charge in [0.05, 0.1) is 0 Å². The molecule has 0 saturated heterocycles. The molecule has 0 unspecified atom stereocenters. The average molecular weight is 190 g/mol. The van der Waals surface area contributed by atoms with Gasteiger partial charge in [-0.15, -0.1) is 0 Å². The van der Waals surface area contributed by atoms with Crippen LogP contribution in [0.5, 0.6) is 0 Å². The first-order valence-electron chi connectivity index (χ1n) is 3.62. The minimum absolute atomic E-state index is 0.0353. The van der Waals surface area contributed by atoms with E-state index in [1.54, 1.807) is 19.1 Å². The van der Waals surface area contributed by atoms with E-state index in [2.05, 4.69) is 0 Å². The van der Waals surface area contributed by atoms with Crippen molar-refractivity contribution in [2.24, 2.45) is 0 Å². The Morgan fingerprint density at radius 3 is 2.25 bits per heavy atom. The first-order chi connectivity index (χ1) is 5.41. The van der Waals surface area contributed by atoms with Crippen LogP contribution in [0.1, 0.15) is 11.1 Å². The molecule has 68 valence electrons. The molecule has 0 fully saturated rings. The molecule has 1 rings (SSSR count). The molecular formula is C8H12FO2P. The Hall–Kier alpha value is -0.500. The van der Waals surface area contributed by atoms with Crippen molar-refractivity contribution in [3.63, 3.8) is 0 Å². The van der Waals surface area contributed by atoms with Crippen molar-refractivity contribution < 1.29 is 14.0 Å². The van der Waals surface area contributed by atoms with Crippen molar-refractivity contribution in [2.45, 2.75) is 13.8 Å². The van der Waals surface area contributed by atoms with Crippen LogP contribution in [0.2, 0.25) is 0 Å². The number of hydrogen-bond donors (Lipinski definition) is 2. The van der Waals surface area contributed by atoms with Crippen molar-refractivity contribution in [2.75, 3.05) is 0 Å². The molecular weight excluding hydrogens is 178 g/mol. The number of rotatable bonds is 1. The van der Waals surface area contributed by atoms with Gasteiger partial charge in [-0.05, 0) is 0 Å². The van der Waals surface area contributed by atoms with E-state index in [0.717, 1.165) is 5.56 Å². The summed E-state index contributed by atoms with van der Waals surface area (Å²) in [7, 11) is -4.60. The van der Waals surface area contributed by atoms with Crippen LogP contribution in [0.4, 0.5) is 4.20 Å². The number of halogens is 1. The topological polar surface area (TPSA) is 40.5 Å². The van der Waals surface area contributed by atoms with Crippen LogP contribution in [-0.4, -0.2) is 9.79 Å². The molecule has 2 N–H and O–H groups in total. The fourth-order valence-electron chi connectivity index (χ4n) is 1.17. The van der Waals surface area contributed by atoms with Gasteiger partial charge in [-0.1, -0.05) is 0 Å². The van der Waals surface area contributed by atoms with Gasteiger partial charge in [0, 0.05) is 0 Å². The zero-order valence-electron chi connectivity index (χ0n) is 7.00. The van der Waals surface area contributed by atoms with E-state index < -0.39 is 8.03 Å². The predicted octanol–water partition coefficient (Wildman–Crippen LogP) is 1.38. The quantitative estimate of drug-likeness (QED) is 0.657. The Morgan fingerprint density at radius 1 is 1.25 bits per heavy atom. The van der Waals surface area contributed by atoms with Gasteiger partial charge in [-0.3, -0.25) is 0 Å². The van der Waals surface area contributed by atoms with E-state index in [1.165, 1.54) is 6.07 Å². The van der Waals surface area contributed by atoms with Crippen LogP contribution in [0.3, 0.4) is 0 Å². The van der Waals surface area contributed by atoms with Crippen molar-refractivity contribution >= 4 is 13.3 Å². The predicted molar refractivity (Wildman–Crippen MR) is 49.4 cm³/mol. The fourth-order valence-corrected chi connectivity index (χ4v) is 2.04. The Morgan fingerprint density at radius 2 is 1.83 bits per heavy atom. The molecule has 1 aromatic carbocycles. The second kappa shape index (κ2) is 3.09. The van der Waals surface area contributed by atoms with Gasteiger partial charge in [0.15, 0.2) is 0 Å². The molecule has 0 aliphatic rings. The van der Waals surface area contributed by atoms with Crippen LogP contribution in [0.25, 0.3) is 0 Å². The third kappa shape index (κ3) is 2.01. The molecule has 0 bridgehead atoms. The van der Waals surface area contributed by atoms with E-state index in [9.17, 15) is 4.20 Å². The molecule has 0 amide bonds. The molecule has 0 spiro atoms. The van der Waals surface area contributed by atoms with Gasteiger partial charge < -0.3 is 0 Å². The first-order valence-corrected chi connectivity index (χ1v) is 5.40. The maximum absolute atomic E-state index is 12.8. The van der Waals surface area contributed by atoms with E-state index in [0.29, 0.717) is 5.56 Å². The Kier molecular flexibility index (Phi) is 2.47. The molecule has 0 atom stereocenters. The van der Waals surface area contributed by atoms with Crippen molar-refractivity contribution in [1.82, 2.24) is 0 Å². The summed E-state index contributed by atoms with van der Waals surface area (Å²) in [5, 5.41) is 0.0353. The molecule has 0 aromatic heterocycles. The molecule has 1 aromatic rings. The van der Waals surface area contributed by atoms with Crippen LogP contribution in [0.15, 0.2) is 18.2 Å². The van der Waals surface area contributed by atoms with Gasteiger partial charge in [-0.2, -0.15) is 0 Å².